The normalized spacial score (nSPS) is 12.9. The van der Waals surface area contributed by atoms with Crippen LogP contribution < -0.4 is 5.32 Å². The standard InChI is InChI=1S/C15H22N4S/c1-9(2)14-8-20-15(19-14)7-16-10(3)13-6-17-12(5)18-11(13)4/h6,8-10,16H,7H2,1-5H3. The summed E-state index contributed by atoms with van der Waals surface area (Å²) in [5.41, 5.74) is 3.37. The molecule has 0 radical (unpaired) electrons. The van der Waals surface area contributed by atoms with Crippen molar-refractivity contribution in [1.82, 2.24) is 20.3 Å². The number of hydrogen-bond donors (Lipinski definition) is 1. The molecule has 0 bridgehead atoms. The number of hydrogen-bond acceptors (Lipinski definition) is 5. The lowest BCUT2D eigenvalue weighted by Gasteiger charge is -2.15. The summed E-state index contributed by atoms with van der Waals surface area (Å²) in [5, 5.41) is 6.77. The van der Waals surface area contributed by atoms with Gasteiger partial charge in [0.15, 0.2) is 0 Å². The van der Waals surface area contributed by atoms with Gasteiger partial charge in [-0.25, -0.2) is 15.0 Å². The minimum absolute atomic E-state index is 0.224. The van der Waals surface area contributed by atoms with Crippen molar-refractivity contribution in [3.63, 3.8) is 0 Å². The van der Waals surface area contributed by atoms with Gasteiger partial charge in [-0.2, -0.15) is 0 Å². The van der Waals surface area contributed by atoms with Crippen LogP contribution in [-0.2, 0) is 6.54 Å². The maximum absolute atomic E-state index is 4.64. The molecule has 2 rings (SSSR count). The lowest BCUT2D eigenvalue weighted by atomic mass is 10.1. The van der Waals surface area contributed by atoms with Gasteiger partial charge in [0.25, 0.3) is 0 Å². The molecule has 0 fully saturated rings. The highest BCUT2D eigenvalue weighted by Gasteiger charge is 2.11. The monoisotopic (exact) mass is 290 g/mol. The van der Waals surface area contributed by atoms with Crippen LogP contribution in [-0.4, -0.2) is 15.0 Å². The first-order valence-electron chi connectivity index (χ1n) is 6.95. The minimum atomic E-state index is 0.224. The van der Waals surface area contributed by atoms with Crippen molar-refractivity contribution in [3.8, 4) is 0 Å². The molecule has 2 aromatic rings. The molecule has 108 valence electrons. The molecule has 1 atom stereocenters. The smallest absolute Gasteiger partial charge is 0.125 e. The molecule has 0 spiro atoms. The third-order valence-electron chi connectivity index (χ3n) is 3.32. The summed E-state index contributed by atoms with van der Waals surface area (Å²) in [5.74, 6) is 1.31. The number of rotatable bonds is 5. The van der Waals surface area contributed by atoms with E-state index in [1.807, 2.05) is 20.0 Å². The molecule has 0 aromatic carbocycles. The van der Waals surface area contributed by atoms with Gasteiger partial charge in [0.05, 0.1) is 5.69 Å². The molecule has 0 aliphatic carbocycles. The molecule has 4 nitrogen and oxygen atoms in total. The number of nitrogens with one attached hydrogen (secondary N) is 1. The Hall–Kier alpha value is -1.33. The Bertz CT molecular complexity index is 577. The molecule has 1 unspecified atom stereocenters. The summed E-state index contributed by atoms with van der Waals surface area (Å²) in [7, 11) is 0. The van der Waals surface area contributed by atoms with Crippen molar-refractivity contribution in [2.24, 2.45) is 0 Å². The third-order valence-corrected chi connectivity index (χ3v) is 4.19. The third kappa shape index (κ3) is 3.61. The first kappa shape index (κ1) is 15.1. The molecule has 0 saturated carbocycles. The van der Waals surface area contributed by atoms with Crippen LogP contribution in [0.3, 0.4) is 0 Å². The topological polar surface area (TPSA) is 50.7 Å². The van der Waals surface area contributed by atoms with Crippen LogP contribution in [0, 0.1) is 13.8 Å². The first-order valence-corrected chi connectivity index (χ1v) is 7.83. The number of thiazole rings is 1. The van der Waals surface area contributed by atoms with Crippen LogP contribution in [0.25, 0.3) is 0 Å². The van der Waals surface area contributed by atoms with Crippen molar-refractivity contribution in [1.29, 1.82) is 0 Å². The van der Waals surface area contributed by atoms with Crippen LogP contribution in [0.4, 0.5) is 0 Å². The molecular weight excluding hydrogens is 268 g/mol. The summed E-state index contributed by atoms with van der Waals surface area (Å²) >= 11 is 1.72. The predicted octanol–water partition coefficient (Wildman–Crippen LogP) is 3.52. The zero-order chi connectivity index (χ0) is 14.7. The van der Waals surface area contributed by atoms with Crippen LogP contribution in [0.1, 0.15) is 60.5 Å². The van der Waals surface area contributed by atoms with Crippen LogP contribution in [0.5, 0.6) is 0 Å². The maximum atomic E-state index is 4.64. The van der Waals surface area contributed by atoms with E-state index in [2.05, 4.69) is 46.4 Å². The van der Waals surface area contributed by atoms with Crippen LogP contribution >= 0.6 is 11.3 Å². The highest BCUT2D eigenvalue weighted by atomic mass is 32.1. The minimum Gasteiger partial charge on any atom is -0.304 e. The Balaban J connectivity index is 1.99. The molecule has 0 aliphatic heterocycles. The second-order valence-electron chi connectivity index (χ2n) is 5.38. The Morgan fingerprint density at radius 1 is 1.20 bits per heavy atom. The van der Waals surface area contributed by atoms with E-state index in [0.717, 1.165) is 28.6 Å². The van der Waals surface area contributed by atoms with E-state index in [0.29, 0.717) is 5.92 Å². The summed E-state index contributed by atoms with van der Waals surface area (Å²) in [4.78, 5) is 13.3. The van der Waals surface area contributed by atoms with Gasteiger partial charge >= 0.3 is 0 Å². The fraction of sp³-hybridized carbons (Fsp3) is 0.533. The number of aryl methyl sites for hydroxylation is 2. The first-order chi connectivity index (χ1) is 9.47. The van der Waals surface area contributed by atoms with Gasteiger partial charge in [-0.05, 0) is 26.7 Å². The van der Waals surface area contributed by atoms with Crippen molar-refractivity contribution in [2.75, 3.05) is 0 Å². The average molecular weight is 290 g/mol. The molecular formula is C15H22N4S. The fourth-order valence-electron chi connectivity index (χ4n) is 2.04. The van der Waals surface area contributed by atoms with Crippen molar-refractivity contribution >= 4 is 11.3 Å². The second-order valence-corrected chi connectivity index (χ2v) is 6.32. The summed E-state index contributed by atoms with van der Waals surface area (Å²) < 4.78 is 0. The summed E-state index contributed by atoms with van der Waals surface area (Å²) in [6.07, 6.45) is 1.91. The number of nitrogens with zero attached hydrogens (tertiary/aromatic N) is 3. The quantitative estimate of drug-likeness (QED) is 0.915. The van der Waals surface area contributed by atoms with E-state index in [4.69, 9.17) is 0 Å². The Kier molecular flexibility index (Phi) is 4.83. The van der Waals surface area contributed by atoms with Gasteiger partial charge in [0.2, 0.25) is 0 Å². The molecule has 1 N–H and O–H groups in total. The lowest BCUT2D eigenvalue weighted by Crippen LogP contribution is -2.19. The Morgan fingerprint density at radius 2 is 1.95 bits per heavy atom. The van der Waals surface area contributed by atoms with Gasteiger partial charge in [-0.1, -0.05) is 13.8 Å². The Labute approximate surface area is 124 Å². The van der Waals surface area contributed by atoms with E-state index in [1.54, 1.807) is 11.3 Å². The summed E-state index contributed by atoms with van der Waals surface area (Å²) in [6.45, 7) is 11.2. The van der Waals surface area contributed by atoms with Crippen LogP contribution in [0.2, 0.25) is 0 Å². The largest absolute Gasteiger partial charge is 0.304 e. The van der Waals surface area contributed by atoms with Crippen molar-refractivity contribution < 1.29 is 0 Å². The van der Waals surface area contributed by atoms with E-state index in [1.165, 1.54) is 5.69 Å². The molecule has 0 saturated heterocycles. The van der Waals surface area contributed by atoms with Gasteiger partial charge in [0, 0.05) is 35.4 Å². The fourth-order valence-corrected chi connectivity index (χ4v) is 2.95. The van der Waals surface area contributed by atoms with E-state index >= 15 is 0 Å². The number of aromatic nitrogens is 3. The zero-order valence-electron chi connectivity index (χ0n) is 12.8. The average Bonchev–Trinajstić information content (AvgIpc) is 2.85. The second kappa shape index (κ2) is 6.41. The molecule has 0 aliphatic rings. The molecule has 20 heavy (non-hydrogen) atoms. The van der Waals surface area contributed by atoms with Gasteiger partial charge in [0.1, 0.15) is 10.8 Å². The van der Waals surface area contributed by atoms with Crippen molar-refractivity contribution in [2.45, 2.75) is 53.1 Å². The molecule has 2 heterocycles. The highest BCUT2D eigenvalue weighted by molar-refractivity contribution is 7.09. The van der Waals surface area contributed by atoms with E-state index in [-0.39, 0.29) is 6.04 Å². The Morgan fingerprint density at radius 3 is 2.55 bits per heavy atom. The predicted molar refractivity (Wildman–Crippen MR) is 83.0 cm³/mol. The van der Waals surface area contributed by atoms with Crippen molar-refractivity contribution in [3.05, 3.63) is 39.4 Å². The summed E-state index contributed by atoms with van der Waals surface area (Å²) in [6, 6.07) is 0.224. The molecule has 0 amide bonds. The van der Waals surface area contributed by atoms with E-state index in [9.17, 15) is 0 Å². The lowest BCUT2D eigenvalue weighted by molar-refractivity contribution is 0.564. The maximum Gasteiger partial charge on any atom is 0.125 e. The van der Waals surface area contributed by atoms with Gasteiger partial charge in [-0.15, -0.1) is 11.3 Å². The zero-order valence-corrected chi connectivity index (χ0v) is 13.6. The SMILES string of the molecule is Cc1ncc(C(C)NCc2nc(C(C)C)cs2)c(C)n1. The van der Waals surface area contributed by atoms with E-state index < -0.39 is 0 Å². The van der Waals surface area contributed by atoms with Gasteiger partial charge in [-0.3, -0.25) is 0 Å². The molecule has 5 heteroatoms. The molecule has 2 aromatic heterocycles. The highest BCUT2D eigenvalue weighted by Crippen LogP contribution is 2.19. The van der Waals surface area contributed by atoms with Crippen LogP contribution in [0.15, 0.2) is 11.6 Å². The van der Waals surface area contributed by atoms with Gasteiger partial charge < -0.3 is 5.32 Å².